The van der Waals surface area contributed by atoms with Crippen LogP contribution >= 0.6 is 0 Å². The van der Waals surface area contributed by atoms with Gasteiger partial charge in [0.05, 0.1) is 6.04 Å². The number of carbonyl (C=O) groups is 5. The van der Waals surface area contributed by atoms with Crippen molar-refractivity contribution in [1.82, 2.24) is 15.5 Å². The number of hydrogen-bond donors (Lipinski definition) is 5. The van der Waals surface area contributed by atoms with Crippen LogP contribution in [0, 0.1) is 5.92 Å². The molecular weight excluding hydrogens is 394 g/mol. The highest BCUT2D eigenvalue weighted by Crippen LogP contribution is 2.19. The van der Waals surface area contributed by atoms with Crippen molar-refractivity contribution in [1.29, 1.82) is 0 Å². The summed E-state index contributed by atoms with van der Waals surface area (Å²) in [5, 5.41) is 14.3. The highest BCUT2D eigenvalue weighted by atomic mass is 16.4. The maximum atomic E-state index is 12.8. The van der Waals surface area contributed by atoms with Crippen molar-refractivity contribution < 1.29 is 29.1 Å². The number of nitrogens with one attached hydrogen (secondary N) is 2. The molecule has 11 heteroatoms. The summed E-state index contributed by atoms with van der Waals surface area (Å²) in [5.74, 6) is -3.21. The largest absolute Gasteiger partial charge is 0.480 e. The van der Waals surface area contributed by atoms with Crippen molar-refractivity contribution in [2.45, 2.75) is 77.0 Å². The number of likely N-dealkylation sites (tertiary alicyclic amines) is 1. The zero-order valence-corrected chi connectivity index (χ0v) is 17.7. The quantitative estimate of drug-likeness (QED) is 0.271. The van der Waals surface area contributed by atoms with Crippen LogP contribution < -0.4 is 22.1 Å². The molecule has 0 saturated carbocycles. The van der Waals surface area contributed by atoms with Crippen LogP contribution in [0.15, 0.2) is 0 Å². The lowest BCUT2D eigenvalue weighted by atomic mass is 10.0. The van der Waals surface area contributed by atoms with Crippen LogP contribution in [0.3, 0.4) is 0 Å². The third-order valence-electron chi connectivity index (χ3n) is 4.93. The Balaban J connectivity index is 2.71. The van der Waals surface area contributed by atoms with Crippen LogP contribution in [0.5, 0.6) is 0 Å². The molecule has 7 N–H and O–H groups in total. The van der Waals surface area contributed by atoms with E-state index in [0.29, 0.717) is 19.4 Å². The highest BCUT2D eigenvalue weighted by molar-refractivity contribution is 5.94. The first-order chi connectivity index (χ1) is 13.9. The molecule has 1 rings (SSSR count). The van der Waals surface area contributed by atoms with Crippen LogP contribution in [0.4, 0.5) is 0 Å². The second-order valence-electron chi connectivity index (χ2n) is 8.06. The molecule has 1 heterocycles. The lowest BCUT2D eigenvalue weighted by molar-refractivity contribution is -0.145. The standard InChI is InChI=1S/C19H33N5O6/c1-10(2)9-13(19(29)30)23-17(27)14-5-4-8-24(14)18(28)11(3)22-16(26)12(20)6-7-15(21)25/h10-14H,4-9,20H2,1-3H3,(H2,21,25)(H,22,26)(H,23,27)(H,29,30). The van der Waals surface area contributed by atoms with Gasteiger partial charge in [0.15, 0.2) is 0 Å². The van der Waals surface area contributed by atoms with Crippen molar-refractivity contribution in [3.05, 3.63) is 0 Å². The Morgan fingerprint density at radius 2 is 1.77 bits per heavy atom. The Bertz CT molecular complexity index is 668. The van der Waals surface area contributed by atoms with Crippen LogP contribution in [0.2, 0.25) is 0 Å². The van der Waals surface area contributed by atoms with Crippen molar-refractivity contribution in [2.75, 3.05) is 6.54 Å². The Labute approximate surface area is 175 Å². The van der Waals surface area contributed by atoms with E-state index < -0.39 is 53.8 Å². The number of carboxylic acid groups (broad SMARTS) is 1. The summed E-state index contributed by atoms with van der Waals surface area (Å²) >= 11 is 0. The van der Waals surface area contributed by atoms with Crippen molar-refractivity contribution in [3.8, 4) is 0 Å². The molecule has 1 aliphatic rings. The first kappa shape index (κ1) is 25.3. The van der Waals surface area contributed by atoms with Gasteiger partial charge in [-0.05, 0) is 38.5 Å². The fourth-order valence-electron chi connectivity index (χ4n) is 3.32. The molecule has 0 bridgehead atoms. The molecule has 0 aliphatic carbocycles. The Hall–Kier alpha value is -2.69. The monoisotopic (exact) mass is 427 g/mol. The van der Waals surface area contributed by atoms with Crippen molar-refractivity contribution in [2.24, 2.45) is 17.4 Å². The van der Waals surface area contributed by atoms with E-state index in [2.05, 4.69) is 10.6 Å². The van der Waals surface area contributed by atoms with E-state index in [1.807, 2.05) is 13.8 Å². The van der Waals surface area contributed by atoms with Gasteiger partial charge in [-0.1, -0.05) is 13.8 Å². The molecule has 11 nitrogen and oxygen atoms in total. The molecule has 4 amide bonds. The zero-order valence-electron chi connectivity index (χ0n) is 17.7. The summed E-state index contributed by atoms with van der Waals surface area (Å²) in [4.78, 5) is 61.1. The number of primary amides is 1. The predicted molar refractivity (Wildman–Crippen MR) is 108 cm³/mol. The molecule has 4 atom stereocenters. The minimum Gasteiger partial charge on any atom is -0.480 e. The van der Waals surface area contributed by atoms with Crippen LogP contribution in [-0.4, -0.2) is 70.3 Å². The highest BCUT2D eigenvalue weighted by Gasteiger charge is 2.38. The molecule has 1 saturated heterocycles. The molecule has 4 unspecified atom stereocenters. The number of carbonyl (C=O) groups excluding carboxylic acids is 4. The molecule has 0 aromatic carbocycles. The Kier molecular flexibility index (Phi) is 9.70. The number of hydrogen-bond acceptors (Lipinski definition) is 6. The Morgan fingerprint density at radius 1 is 1.13 bits per heavy atom. The number of carboxylic acids is 1. The summed E-state index contributed by atoms with van der Waals surface area (Å²) in [5.41, 5.74) is 10.7. The zero-order chi connectivity index (χ0) is 23.0. The van der Waals surface area contributed by atoms with E-state index in [9.17, 15) is 29.1 Å². The summed E-state index contributed by atoms with van der Waals surface area (Å²) < 4.78 is 0. The molecule has 30 heavy (non-hydrogen) atoms. The van der Waals surface area contributed by atoms with Crippen LogP contribution in [0.1, 0.15) is 52.9 Å². The normalized spacial score (nSPS) is 19.1. The SMILES string of the molecule is CC(C)CC(NC(=O)C1CCCN1C(=O)C(C)NC(=O)C(N)CCC(N)=O)C(=O)O. The number of nitrogens with two attached hydrogens (primary N) is 2. The number of nitrogens with zero attached hydrogens (tertiary/aromatic N) is 1. The summed E-state index contributed by atoms with van der Waals surface area (Å²) in [6.07, 6.45) is 1.28. The minimum absolute atomic E-state index is 0.0492. The van der Waals surface area contributed by atoms with Gasteiger partial charge in [0.1, 0.15) is 18.1 Å². The van der Waals surface area contributed by atoms with E-state index >= 15 is 0 Å². The third kappa shape index (κ3) is 7.62. The summed E-state index contributed by atoms with van der Waals surface area (Å²) in [6, 6.07) is -3.75. The van der Waals surface area contributed by atoms with E-state index in [1.54, 1.807) is 0 Å². The second-order valence-corrected chi connectivity index (χ2v) is 8.06. The average Bonchev–Trinajstić information content (AvgIpc) is 3.13. The molecule has 1 aliphatic heterocycles. The van der Waals surface area contributed by atoms with E-state index in [-0.39, 0.29) is 25.2 Å². The van der Waals surface area contributed by atoms with Crippen LogP contribution in [-0.2, 0) is 24.0 Å². The summed E-state index contributed by atoms with van der Waals surface area (Å²) in [6.45, 7) is 5.51. The average molecular weight is 428 g/mol. The van der Waals surface area contributed by atoms with E-state index in [1.165, 1.54) is 11.8 Å². The Morgan fingerprint density at radius 3 is 2.30 bits per heavy atom. The molecule has 0 radical (unpaired) electrons. The minimum atomic E-state index is -1.13. The van der Waals surface area contributed by atoms with Crippen LogP contribution in [0.25, 0.3) is 0 Å². The first-order valence-corrected chi connectivity index (χ1v) is 10.1. The van der Waals surface area contributed by atoms with Gasteiger partial charge >= 0.3 is 5.97 Å². The fraction of sp³-hybridized carbons (Fsp3) is 0.737. The molecule has 170 valence electrons. The lowest BCUT2D eigenvalue weighted by Gasteiger charge is -2.28. The molecule has 1 fully saturated rings. The predicted octanol–water partition coefficient (Wildman–Crippen LogP) is -1.31. The van der Waals surface area contributed by atoms with Gasteiger partial charge in [0, 0.05) is 13.0 Å². The maximum absolute atomic E-state index is 12.8. The van der Waals surface area contributed by atoms with Gasteiger partial charge in [0.25, 0.3) is 0 Å². The number of amides is 4. The van der Waals surface area contributed by atoms with Gasteiger partial charge in [-0.3, -0.25) is 19.2 Å². The van der Waals surface area contributed by atoms with Gasteiger partial charge in [-0.15, -0.1) is 0 Å². The smallest absolute Gasteiger partial charge is 0.326 e. The second kappa shape index (κ2) is 11.5. The third-order valence-corrected chi connectivity index (χ3v) is 4.93. The topological polar surface area (TPSA) is 185 Å². The number of aliphatic carboxylic acids is 1. The van der Waals surface area contributed by atoms with Gasteiger partial charge in [-0.25, -0.2) is 4.79 Å². The van der Waals surface area contributed by atoms with E-state index in [0.717, 1.165) is 0 Å². The molecule has 0 spiro atoms. The fourth-order valence-corrected chi connectivity index (χ4v) is 3.32. The molecular formula is C19H33N5O6. The number of rotatable bonds is 11. The van der Waals surface area contributed by atoms with Crippen molar-refractivity contribution >= 4 is 29.6 Å². The maximum Gasteiger partial charge on any atom is 0.326 e. The van der Waals surface area contributed by atoms with E-state index in [4.69, 9.17) is 11.5 Å². The molecule has 0 aromatic rings. The van der Waals surface area contributed by atoms with Gasteiger partial charge in [-0.2, -0.15) is 0 Å². The van der Waals surface area contributed by atoms with Gasteiger partial charge < -0.3 is 32.1 Å². The van der Waals surface area contributed by atoms with Crippen molar-refractivity contribution in [3.63, 3.8) is 0 Å². The first-order valence-electron chi connectivity index (χ1n) is 10.1. The van der Waals surface area contributed by atoms with Gasteiger partial charge in [0.2, 0.25) is 23.6 Å². The molecule has 0 aromatic heterocycles. The summed E-state index contributed by atoms with van der Waals surface area (Å²) in [7, 11) is 0. The lowest BCUT2D eigenvalue weighted by Crippen LogP contribution is -2.56.